The Morgan fingerprint density at radius 2 is 1.14 bits per heavy atom. The van der Waals surface area contributed by atoms with Crippen LogP contribution in [0.2, 0.25) is 0 Å². The van der Waals surface area contributed by atoms with E-state index in [1.54, 1.807) is 10.1 Å². The molecule has 0 N–H and O–H groups in total. The fourth-order valence-electron chi connectivity index (χ4n) is 2.88. The van der Waals surface area contributed by atoms with Gasteiger partial charge in [-0.1, -0.05) is 0 Å². The molecule has 0 aromatic carbocycles. The Kier molecular flexibility index (Phi) is 3.86. The van der Waals surface area contributed by atoms with Crippen LogP contribution in [-0.2, 0) is 0 Å². The molecule has 0 amide bonds. The van der Waals surface area contributed by atoms with E-state index in [0.29, 0.717) is 0 Å². The average Bonchev–Trinajstić information content (AvgIpc) is 2.99. The second-order valence-corrected chi connectivity index (χ2v) is 17.1. The van der Waals surface area contributed by atoms with Gasteiger partial charge in [0.05, 0.1) is 0 Å². The Morgan fingerprint density at radius 1 is 0.762 bits per heavy atom. The predicted molar refractivity (Wildman–Crippen MR) is 103 cm³/mol. The zero-order chi connectivity index (χ0) is 15.4. The maximum atomic E-state index is 2.70. The first-order chi connectivity index (χ1) is 9.74. The van der Waals surface area contributed by atoms with Crippen LogP contribution < -0.4 is 0 Å². The van der Waals surface area contributed by atoms with Gasteiger partial charge in [-0.15, -0.1) is 0 Å². The van der Waals surface area contributed by atoms with Crippen molar-refractivity contribution in [3.63, 3.8) is 0 Å². The van der Waals surface area contributed by atoms with Crippen molar-refractivity contribution < 1.29 is 0 Å². The van der Waals surface area contributed by atoms with Gasteiger partial charge in [-0.25, -0.2) is 0 Å². The summed E-state index contributed by atoms with van der Waals surface area (Å²) in [7, 11) is -1.48. The van der Waals surface area contributed by atoms with Crippen LogP contribution in [0, 0.1) is 0 Å². The van der Waals surface area contributed by atoms with Crippen LogP contribution in [0.3, 0.4) is 0 Å². The Balaban J connectivity index is 1.91. The van der Waals surface area contributed by atoms with Crippen molar-refractivity contribution >= 4 is 41.7 Å². The van der Waals surface area contributed by atoms with Crippen LogP contribution in [0.15, 0.2) is 56.6 Å². The summed E-state index contributed by atoms with van der Waals surface area (Å²) < 4.78 is 5.41. The fraction of sp³-hybridized carbons (Fsp3) is 0.375. The minimum atomic E-state index is -1.04. The molecular weight excluding hydrogens is 403 g/mol. The van der Waals surface area contributed by atoms with Gasteiger partial charge in [-0.3, -0.25) is 0 Å². The first-order valence-electron chi connectivity index (χ1n) is 7.08. The molecule has 21 heavy (non-hydrogen) atoms. The average molecular weight is 428 g/mol. The van der Waals surface area contributed by atoms with E-state index in [1.165, 1.54) is 11.4 Å². The maximum absolute atomic E-state index is 2.70. The van der Waals surface area contributed by atoms with Crippen molar-refractivity contribution in [2.75, 3.05) is 25.0 Å². The molecule has 3 heterocycles. The molecule has 0 fully saturated rings. The second-order valence-electron chi connectivity index (χ2n) is 6.50. The van der Waals surface area contributed by atoms with Gasteiger partial charge in [-0.2, -0.15) is 0 Å². The van der Waals surface area contributed by atoms with Crippen LogP contribution in [-0.4, -0.2) is 53.0 Å². The molecule has 3 aliphatic heterocycles. The molecule has 5 heteroatoms. The first-order valence-corrected chi connectivity index (χ1v) is 15.1. The van der Waals surface area contributed by atoms with Crippen molar-refractivity contribution in [3.05, 3.63) is 56.6 Å². The van der Waals surface area contributed by atoms with E-state index in [-0.39, 0.29) is 0 Å². The third-order valence-electron chi connectivity index (χ3n) is 4.35. The van der Waals surface area contributed by atoms with E-state index >= 15 is 0 Å². The van der Waals surface area contributed by atoms with Gasteiger partial charge in [-0.05, 0) is 0 Å². The van der Waals surface area contributed by atoms with Crippen LogP contribution in [0.25, 0.3) is 0 Å². The SMILES string of the molecule is CC1=C(C)[N](C2=CC=CS2(C)C)[SnH-][N]1C1=CC=CS1(C)C. The minimum absolute atomic E-state index is 0.738. The predicted octanol–water partition coefficient (Wildman–Crippen LogP) is 3.99. The standard InChI is InChI=1S/C16H24N2S2.Sn.H/c1-13(17-15-9-7-11-19(15,3)4)14(2)18-16-10-8-12-20(16,5)6;;/h7-12H,1-6H3;;/q-2;+1;. The fourth-order valence-corrected chi connectivity index (χ4v) is 15.4. The molecule has 0 saturated heterocycles. The zero-order valence-electron chi connectivity index (χ0n) is 13.8. The molecule has 2 nitrogen and oxygen atoms in total. The third kappa shape index (κ3) is 2.53. The van der Waals surface area contributed by atoms with E-state index in [0.717, 1.165) is 0 Å². The monoisotopic (exact) mass is 429 g/mol. The third-order valence-corrected chi connectivity index (χ3v) is 15.0. The Labute approximate surface area is 142 Å². The summed E-state index contributed by atoms with van der Waals surface area (Å²) in [6.45, 7) is 4.61. The summed E-state index contributed by atoms with van der Waals surface area (Å²) in [6, 6.07) is 0. The van der Waals surface area contributed by atoms with E-state index < -0.39 is 41.7 Å². The summed E-state index contributed by atoms with van der Waals surface area (Å²) in [5.74, 6) is 0. The van der Waals surface area contributed by atoms with Crippen LogP contribution in [0.4, 0.5) is 0 Å². The molecule has 0 aromatic heterocycles. The van der Waals surface area contributed by atoms with E-state index in [2.05, 4.69) is 80.2 Å². The number of allylic oxidation sites excluding steroid dienone is 6. The number of hydrogen-bond donors (Lipinski definition) is 0. The summed E-state index contributed by atoms with van der Waals surface area (Å²) >= 11 is -1.04. The number of rotatable bonds is 2. The molecule has 0 spiro atoms. The Hall–Kier alpha value is -0.201. The van der Waals surface area contributed by atoms with Crippen LogP contribution in [0.1, 0.15) is 13.8 Å². The van der Waals surface area contributed by atoms with Crippen LogP contribution >= 0.6 is 20.1 Å². The molecule has 0 saturated carbocycles. The van der Waals surface area contributed by atoms with Crippen molar-refractivity contribution in [3.8, 4) is 0 Å². The van der Waals surface area contributed by atoms with E-state index in [9.17, 15) is 0 Å². The van der Waals surface area contributed by atoms with Crippen molar-refractivity contribution in [1.29, 1.82) is 0 Å². The molecule has 116 valence electrons. The summed E-state index contributed by atoms with van der Waals surface area (Å²) in [5.41, 5.74) is 2.96. The number of hydrogen-bond acceptors (Lipinski definition) is 2. The van der Waals surface area contributed by atoms with Gasteiger partial charge in [0, 0.05) is 0 Å². The summed E-state index contributed by atoms with van der Waals surface area (Å²) in [4.78, 5) is 0. The first kappa shape index (κ1) is 15.7. The molecule has 0 bridgehead atoms. The summed E-state index contributed by atoms with van der Waals surface area (Å²) in [5, 5.41) is 7.95. The van der Waals surface area contributed by atoms with Gasteiger partial charge in [0.2, 0.25) is 0 Å². The van der Waals surface area contributed by atoms with E-state index in [4.69, 9.17) is 0 Å². The molecule has 0 aliphatic carbocycles. The van der Waals surface area contributed by atoms with Gasteiger partial charge < -0.3 is 0 Å². The molecule has 0 unspecified atom stereocenters. The molecule has 0 aromatic rings. The van der Waals surface area contributed by atoms with Crippen molar-refractivity contribution in [2.45, 2.75) is 13.8 Å². The molecule has 0 atom stereocenters. The van der Waals surface area contributed by atoms with Crippen molar-refractivity contribution in [1.82, 2.24) is 6.24 Å². The van der Waals surface area contributed by atoms with Gasteiger partial charge >= 0.3 is 143 Å². The van der Waals surface area contributed by atoms with Gasteiger partial charge in [0.15, 0.2) is 0 Å². The normalized spacial score (nSPS) is 29.0. The topological polar surface area (TPSA) is 6.48 Å². The zero-order valence-corrected chi connectivity index (χ0v) is 18.7. The molecule has 0 radical (unpaired) electrons. The Morgan fingerprint density at radius 3 is 1.43 bits per heavy atom. The van der Waals surface area contributed by atoms with E-state index in [1.807, 2.05) is 0 Å². The molecule has 3 rings (SSSR count). The molecule has 3 aliphatic rings. The van der Waals surface area contributed by atoms with Gasteiger partial charge in [0.1, 0.15) is 0 Å². The van der Waals surface area contributed by atoms with Gasteiger partial charge in [0.25, 0.3) is 0 Å². The quantitative estimate of drug-likeness (QED) is 0.614. The Bertz CT molecular complexity index is 585. The number of nitrogens with zero attached hydrogens (tertiary/aromatic N) is 2. The van der Waals surface area contributed by atoms with Crippen molar-refractivity contribution in [2.24, 2.45) is 0 Å². The summed E-state index contributed by atoms with van der Waals surface area (Å²) in [6.07, 6.45) is 18.8. The second kappa shape index (κ2) is 5.17. The molecular formula is C16H25N2S2Sn-. The van der Waals surface area contributed by atoms with Crippen LogP contribution in [0.5, 0.6) is 0 Å².